The number of nitrogens with zero attached hydrogens (tertiary/aromatic N) is 3. The lowest BCUT2D eigenvalue weighted by atomic mass is 10.1. The van der Waals surface area contributed by atoms with Crippen LogP contribution in [-0.2, 0) is 6.42 Å². The van der Waals surface area contributed by atoms with Gasteiger partial charge in [-0.2, -0.15) is 4.98 Å². The van der Waals surface area contributed by atoms with E-state index in [0.29, 0.717) is 5.56 Å². The van der Waals surface area contributed by atoms with Crippen LogP contribution in [0.4, 0.5) is 17.6 Å². The molecule has 0 saturated heterocycles. The van der Waals surface area contributed by atoms with Crippen molar-refractivity contribution in [3.63, 3.8) is 0 Å². The first-order valence-electron chi connectivity index (χ1n) is 10.2. The molecule has 0 saturated carbocycles. The van der Waals surface area contributed by atoms with Crippen molar-refractivity contribution in [3.05, 3.63) is 118 Å². The molecule has 9 heteroatoms. The van der Waals surface area contributed by atoms with Crippen LogP contribution in [-0.4, -0.2) is 14.7 Å². The molecule has 34 heavy (non-hydrogen) atoms. The summed E-state index contributed by atoms with van der Waals surface area (Å²) in [5.41, 5.74) is -0.189. The highest BCUT2D eigenvalue weighted by molar-refractivity contribution is 5.83. The van der Waals surface area contributed by atoms with E-state index in [1.54, 1.807) is 24.3 Å². The molecule has 3 aromatic carbocycles. The summed E-state index contributed by atoms with van der Waals surface area (Å²) in [6.45, 7) is 0. The highest BCUT2D eigenvalue weighted by atomic mass is 19.2. The van der Waals surface area contributed by atoms with E-state index in [-0.39, 0.29) is 40.4 Å². The summed E-state index contributed by atoms with van der Waals surface area (Å²) in [6.07, 6.45) is -0.785. The average molecular weight is 465 g/mol. The molecule has 0 radical (unpaired) electrons. The maximum atomic E-state index is 15.6. The molecule has 1 unspecified atom stereocenters. The molecule has 5 nitrogen and oxygen atoms in total. The third-order valence-electron chi connectivity index (χ3n) is 5.40. The first kappa shape index (κ1) is 21.6. The average Bonchev–Trinajstić information content (AvgIpc) is 3.30. The zero-order chi connectivity index (χ0) is 23.8. The van der Waals surface area contributed by atoms with Crippen LogP contribution in [0.3, 0.4) is 0 Å². The Morgan fingerprint density at radius 1 is 0.941 bits per heavy atom. The predicted octanol–water partition coefficient (Wildman–Crippen LogP) is 5.58. The van der Waals surface area contributed by atoms with E-state index in [9.17, 15) is 18.0 Å². The Morgan fingerprint density at radius 2 is 1.71 bits per heavy atom. The minimum atomic E-state index is -2.13. The second-order valence-corrected chi connectivity index (χ2v) is 7.59. The Kier molecular flexibility index (Phi) is 5.45. The van der Waals surface area contributed by atoms with E-state index in [4.69, 9.17) is 4.52 Å². The van der Waals surface area contributed by atoms with Crippen molar-refractivity contribution in [1.82, 2.24) is 14.7 Å². The van der Waals surface area contributed by atoms with E-state index in [0.717, 1.165) is 22.9 Å². The van der Waals surface area contributed by atoms with Gasteiger partial charge in [-0.05, 0) is 35.9 Å². The van der Waals surface area contributed by atoms with Crippen molar-refractivity contribution in [2.75, 3.05) is 0 Å². The molecule has 170 valence electrons. The molecule has 5 aromatic rings. The second kappa shape index (κ2) is 8.58. The summed E-state index contributed by atoms with van der Waals surface area (Å²) < 4.78 is 63.0. The monoisotopic (exact) mass is 465 g/mol. The Morgan fingerprint density at radius 3 is 2.50 bits per heavy atom. The smallest absolute Gasteiger partial charge is 0.231 e. The van der Waals surface area contributed by atoms with E-state index >= 15 is 4.39 Å². The fourth-order valence-corrected chi connectivity index (χ4v) is 3.72. The van der Waals surface area contributed by atoms with Gasteiger partial charge in [-0.15, -0.1) is 0 Å². The summed E-state index contributed by atoms with van der Waals surface area (Å²) in [4.78, 5) is 17.4. The second-order valence-electron chi connectivity index (χ2n) is 7.59. The first-order chi connectivity index (χ1) is 16.4. The van der Waals surface area contributed by atoms with Crippen LogP contribution in [0.5, 0.6) is 0 Å². The highest BCUT2D eigenvalue weighted by Gasteiger charge is 2.23. The van der Waals surface area contributed by atoms with Crippen molar-refractivity contribution in [1.29, 1.82) is 0 Å². The standard InChI is InChI=1S/C25H15F4N3O2/c26-15-10-8-14(9-11-15)12-21-30-25(31-34-21)18-13-32(20-7-2-1-4-16(20)23(18)33)24(29)17-5-3-6-19(27)22(17)28/h1-11,13,24H,12H2. The zero-order valence-corrected chi connectivity index (χ0v) is 17.4. The number of para-hydroxylation sites is 1. The van der Waals surface area contributed by atoms with Gasteiger partial charge < -0.3 is 9.09 Å². The van der Waals surface area contributed by atoms with Crippen LogP contribution in [0.2, 0.25) is 0 Å². The highest BCUT2D eigenvalue weighted by Crippen LogP contribution is 2.29. The maximum Gasteiger partial charge on any atom is 0.231 e. The van der Waals surface area contributed by atoms with E-state index < -0.39 is 28.9 Å². The van der Waals surface area contributed by atoms with Crippen molar-refractivity contribution in [2.24, 2.45) is 0 Å². The number of benzene rings is 3. The molecule has 0 amide bonds. The minimum absolute atomic E-state index is 0.0766. The molecule has 0 N–H and O–H groups in total. The third-order valence-corrected chi connectivity index (χ3v) is 5.40. The minimum Gasteiger partial charge on any atom is -0.339 e. The van der Waals surface area contributed by atoms with Crippen molar-refractivity contribution >= 4 is 10.9 Å². The molecule has 5 rings (SSSR count). The van der Waals surface area contributed by atoms with Gasteiger partial charge in [-0.3, -0.25) is 4.79 Å². The van der Waals surface area contributed by atoms with E-state index in [2.05, 4.69) is 10.1 Å². The molecule has 1 atom stereocenters. The summed E-state index contributed by atoms with van der Waals surface area (Å²) in [5, 5.41) is 3.99. The molecule has 0 aliphatic heterocycles. The number of hydrogen-bond acceptors (Lipinski definition) is 4. The fraction of sp³-hybridized carbons (Fsp3) is 0.0800. The van der Waals surface area contributed by atoms with Crippen LogP contribution >= 0.6 is 0 Å². The predicted molar refractivity (Wildman–Crippen MR) is 116 cm³/mol. The van der Waals surface area contributed by atoms with Gasteiger partial charge in [0.25, 0.3) is 0 Å². The molecule has 0 aliphatic rings. The quantitative estimate of drug-likeness (QED) is 0.318. The number of fused-ring (bicyclic) bond motifs is 1. The molecule has 2 aromatic heterocycles. The van der Waals surface area contributed by atoms with Gasteiger partial charge in [0.15, 0.2) is 11.6 Å². The normalized spacial score (nSPS) is 12.2. The fourth-order valence-electron chi connectivity index (χ4n) is 3.72. The SMILES string of the molecule is O=c1c(-c2noc(Cc3ccc(F)cc3)n2)cn(C(F)c2cccc(F)c2F)c2ccccc12. The summed E-state index contributed by atoms with van der Waals surface area (Å²) in [7, 11) is 0. The Labute approximate surface area is 189 Å². The number of pyridine rings is 1. The van der Waals surface area contributed by atoms with Gasteiger partial charge in [0, 0.05) is 17.1 Å². The summed E-state index contributed by atoms with van der Waals surface area (Å²) in [5.74, 6) is -2.82. The maximum absolute atomic E-state index is 15.6. The molecular formula is C25H15F4N3O2. The van der Waals surface area contributed by atoms with Gasteiger partial charge in [0.05, 0.1) is 17.5 Å². The van der Waals surface area contributed by atoms with Gasteiger partial charge in [0.1, 0.15) is 5.82 Å². The molecule has 0 fully saturated rings. The van der Waals surface area contributed by atoms with Crippen LogP contribution in [0.25, 0.3) is 22.3 Å². The Bertz CT molecular complexity index is 1560. The number of halogens is 4. The number of rotatable bonds is 5. The Balaban J connectivity index is 1.61. The largest absolute Gasteiger partial charge is 0.339 e. The molecular weight excluding hydrogens is 450 g/mol. The number of aromatic nitrogens is 3. The van der Waals surface area contributed by atoms with Gasteiger partial charge in [-0.1, -0.05) is 41.6 Å². The molecule has 0 aliphatic carbocycles. The molecule has 2 heterocycles. The molecule has 0 spiro atoms. The van der Waals surface area contributed by atoms with Crippen molar-refractivity contribution < 1.29 is 22.1 Å². The third kappa shape index (κ3) is 3.85. The number of alkyl halides is 1. The zero-order valence-electron chi connectivity index (χ0n) is 17.4. The van der Waals surface area contributed by atoms with Gasteiger partial charge >= 0.3 is 0 Å². The van der Waals surface area contributed by atoms with Gasteiger partial charge in [0.2, 0.25) is 23.4 Å². The van der Waals surface area contributed by atoms with Gasteiger partial charge in [-0.25, -0.2) is 17.6 Å². The van der Waals surface area contributed by atoms with Crippen molar-refractivity contribution in [3.8, 4) is 11.4 Å². The van der Waals surface area contributed by atoms with Crippen LogP contribution < -0.4 is 5.43 Å². The van der Waals surface area contributed by atoms with Crippen LogP contribution in [0, 0.1) is 17.5 Å². The number of hydrogen-bond donors (Lipinski definition) is 0. The van der Waals surface area contributed by atoms with Crippen LogP contribution in [0.1, 0.15) is 23.3 Å². The van der Waals surface area contributed by atoms with E-state index in [1.165, 1.54) is 30.3 Å². The lowest BCUT2D eigenvalue weighted by molar-refractivity contribution is 0.289. The topological polar surface area (TPSA) is 60.9 Å². The lowest BCUT2D eigenvalue weighted by Crippen LogP contribution is -2.16. The van der Waals surface area contributed by atoms with Crippen molar-refractivity contribution in [2.45, 2.75) is 12.7 Å². The van der Waals surface area contributed by atoms with Crippen LogP contribution in [0.15, 0.2) is 82.2 Å². The lowest BCUT2D eigenvalue weighted by Gasteiger charge is -2.17. The summed E-state index contributed by atoms with van der Waals surface area (Å²) >= 11 is 0. The molecule has 0 bridgehead atoms. The summed E-state index contributed by atoms with van der Waals surface area (Å²) in [6, 6.07) is 15.1. The Hall–Kier alpha value is -4.27. The first-order valence-corrected chi connectivity index (χ1v) is 10.2. The van der Waals surface area contributed by atoms with E-state index in [1.807, 2.05) is 0 Å².